The Morgan fingerprint density at radius 2 is 1.80 bits per heavy atom. The lowest BCUT2D eigenvalue weighted by Crippen LogP contribution is -2.41. The Balaban J connectivity index is 2.54. The minimum Gasteiger partial charge on any atom is -0.492 e. The van der Waals surface area contributed by atoms with Crippen molar-refractivity contribution in [3.63, 3.8) is 0 Å². The van der Waals surface area contributed by atoms with Gasteiger partial charge in [0.05, 0.1) is 0 Å². The number of hydrogen-bond donors (Lipinski definition) is 1. The molecule has 0 aromatic heterocycles. The molecule has 0 bridgehead atoms. The molecule has 1 aromatic rings. The van der Waals surface area contributed by atoms with Gasteiger partial charge in [-0.15, -0.1) is 0 Å². The van der Waals surface area contributed by atoms with E-state index in [9.17, 15) is 4.79 Å². The van der Waals surface area contributed by atoms with Crippen LogP contribution in [0.2, 0.25) is 0 Å². The van der Waals surface area contributed by atoms with E-state index in [4.69, 9.17) is 9.47 Å². The van der Waals surface area contributed by atoms with Gasteiger partial charge in [-0.05, 0) is 50.7 Å². The summed E-state index contributed by atoms with van der Waals surface area (Å²) in [6.45, 7) is 11.9. The van der Waals surface area contributed by atoms with E-state index in [1.807, 2.05) is 31.2 Å². The lowest BCUT2D eigenvalue weighted by molar-refractivity contribution is -0.136. The number of likely N-dealkylation sites (N-methyl/N-ethyl adjacent to an activating group) is 1. The Bertz CT molecular complexity index is 500. The van der Waals surface area contributed by atoms with Crippen LogP contribution in [0.1, 0.15) is 47.0 Å². The number of methoxy groups -OCH3 is 1. The van der Waals surface area contributed by atoms with Gasteiger partial charge < -0.3 is 19.7 Å². The Morgan fingerprint density at radius 1 is 1.16 bits per heavy atom. The first kappa shape index (κ1) is 21.5. The Hall–Kier alpha value is -1.59. The monoisotopic (exact) mass is 350 g/mol. The van der Waals surface area contributed by atoms with E-state index in [2.05, 4.69) is 31.0 Å². The molecule has 0 unspecified atom stereocenters. The van der Waals surface area contributed by atoms with Crippen molar-refractivity contribution in [2.24, 2.45) is 0 Å². The molecule has 0 spiro atoms. The minimum atomic E-state index is -0.797. The van der Waals surface area contributed by atoms with Gasteiger partial charge in [-0.3, -0.25) is 4.79 Å². The summed E-state index contributed by atoms with van der Waals surface area (Å²) in [5.41, 5.74) is -0.0459. The molecule has 0 aliphatic rings. The standard InChI is InChI=1S/C20H34N2O3/c1-6-9-14-20(4,24-5)19(23)21-17-10-12-18(13-11-17)25-16-15-22(7-2)8-3/h10-13H,6-9,14-16H2,1-5H3,(H,21,23)/t20-/m0/s1. The molecule has 1 atom stereocenters. The second kappa shape index (κ2) is 11.1. The van der Waals surface area contributed by atoms with Gasteiger partial charge >= 0.3 is 0 Å². The first-order valence-corrected chi connectivity index (χ1v) is 9.30. The number of nitrogens with zero attached hydrogens (tertiary/aromatic N) is 1. The maximum Gasteiger partial charge on any atom is 0.256 e. The molecular formula is C20H34N2O3. The Morgan fingerprint density at radius 3 is 2.32 bits per heavy atom. The number of rotatable bonds is 12. The first-order chi connectivity index (χ1) is 12.0. The van der Waals surface area contributed by atoms with Crippen molar-refractivity contribution < 1.29 is 14.3 Å². The van der Waals surface area contributed by atoms with Gasteiger partial charge in [0.15, 0.2) is 0 Å². The Labute approximate surface area is 152 Å². The number of unbranched alkanes of at least 4 members (excludes halogenated alkanes) is 1. The van der Waals surface area contributed by atoms with Gasteiger partial charge in [0.2, 0.25) is 0 Å². The number of benzene rings is 1. The quantitative estimate of drug-likeness (QED) is 0.620. The second-order valence-corrected chi connectivity index (χ2v) is 6.39. The summed E-state index contributed by atoms with van der Waals surface area (Å²) in [5, 5.41) is 2.93. The smallest absolute Gasteiger partial charge is 0.256 e. The van der Waals surface area contributed by atoms with Gasteiger partial charge in [0, 0.05) is 19.3 Å². The molecule has 5 nitrogen and oxygen atoms in total. The lowest BCUT2D eigenvalue weighted by Gasteiger charge is -2.26. The molecule has 1 N–H and O–H groups in total. The predicted octanol–water partition coefficient (Wildman–Crippen LogP) is 3.94. The van der Waals surface area contributed by atoms with Crippen molar-refractivity contribution in [1.29, 1.82) is 0 Å². The molecule has 1 amide bonds. The van der Waals surface area contributed by atoms with Crippen molar-refractivity contribution in [2.45, 2.75) is 52.6 Å². The van der Waals surface area contributed by atoms with Crippen molar-refractivity contribution in [1.82, 2.24) is 4.90 Å². The number of amides is 1. The zero-order chi connectivity index (χ0) is 18.7. The maximum atomic E-state index is 12.5. The van der Waals surface area contributed by atoms with Gasteiger partial charge in [-0.25, -0.2) is 0 Å². The van der Waals surface area contributed by atoms with Crippen molar-refractivity contribution in [2.75, 3.05) is 38.7 Å². The number of ether oxygens (including phenoxy) is 2. The zero-order valence-electron chi connectivity index (χ0n) is 16.4. The molecule has 0 saturated carbocycles. The SMILES string of the molecule is CCCC[C@](C)(OC)C(=O)Nc1ccc(OCCN(CC)CC)cc1. The van der Waals surface area contributed by atoms with Gasteiger partial charge in [0.25, 0.3) is 5.91 Å². The molecule has 5 heteroatoms. The fourth-order valence-corrected chi connectivity index (χ4v) is 2.55. The highest BCUT2D eigenvalue weighted by atomic mass is 16.5. The molecule has 1 aromatic carbocycles. The normalized spacial score (nSPS) is 13.5. The third-order valence-corrected chi connectivity index (χ3v) is 4.62. The average molecular weight is 351 g/mol. The first-order valence-electron chi connectivity index (χ1n) is 9.30. The van der Waals surface area contributed by atoms with E-state index in [-0.39, 0.29) is 5.91 Å². The predicted molar refractivity (Wildman–Crippen MR) is 103 cm³/mol. The molecule has 0 radical (unpaired) electrons. The Kier molecular flexibility index (Phi) is 9.53. The van der Waals surface area contributed by atoms with Crippen LogP contribution in [0, 0.1) is 0 Å². The number of anilines is 1. The molecule has 0 aliphatic heterocycles. The van der Waals surface area contributed by atoms with Gasteiger partial charge in [-0.2, -0.15) is 0 Å². The van der Waals surface area contributed by atoms with E-state index in [0.717, 1.165) is 43.9 Å². The van der Waals surface area contributed by atoms with E-state index in [1.165, 1.54) is 0 Å². The van der Waals surface area contributed by atoms with Crippen molar-refractivity contribution in [3.8, 4) is 5.75 Å². The number of nitrogens with one attached hydrogen (secondary N) is 1. The second-order valence-electron chi connectivity index (χ2n) is 6.39. The van der Waals surface area contributed by atoms with Gasteiger partial charge in [0.1, 0.15) is 18.0 Å². The molecule has 0 aliphatic carbocycles. The summed E-state index contributed by atoms with van der Waals surface area (Å²) in [7, 11) is 1.59. The molecule has 142 valence electrons. The van der Waals surface area contributed by atoms with Gasteiger partial charge in [-0.1, -0.05) is 33.6 Å². The van der Waals surface area contributed by atoms with Crippen molar-refractivity contribution in [3.05, 3.63) is 24.3 Å². The molecule has 1 rings (SSSR count). The van der Waals surface area contributed by atoms with E-state index >= 15 is 0 Å². The molecule has 0 fully saturated rings. The summed E-state index contributed by atoms with van der Waals surface area (Å²) in [6.07, 6.45) is 2.70. The van der Waals surface area contributed by atoms with Crippen LogP contribution < -0.4 is 10.1 Å². The molecule has 25 heavy (non-hydrogen) atoms. The minimum absolute atomic E-state index is 0.112. The van der Waals surface area contributed by atoms with Crippen LogP contribution in [0.5, 0.6) is 5.75 Å². The van der Waals surface area contributed by atoms with Crippen LogP contribution in [0.4, 0.5) is 5.69 Å². The summed E-state index contributed by atoms with van der Waals surface area (Å²) < 4.78 is 11.2. The molecular weight excluding hydrogens is 316 g/mol. The van der Waals surface area contributed by atoms with Crippen LogP contribution in [0.25, 0.3) is 0 Å². The van der Waals surface area contributed by atoms with Crippen LogP contribution in [-0.4, -0.2) is 49.8 Å². The number of hydrogen-bond acceptors (Lipinski definition) is 4. The van der Waals surface area contributed by atoms with Crippen LogP contribution in [-0.2, 0) is 9.53 Å². The summed E-state index contributed by atoms with van der Waals surface area (Å²) >= 11 is 0. The fraction of sp³-hybridized carbons (Fsp3) is 0.650. The molecule has 0 heterocycles. The highest BCUT2D eigenvalue weighted by Crippen LogP contribution is 2.22. The van der Waals surface area contributed by atoms with E-state index < -0.39 is 5.60 Å². The van der Waals surface area contributed by atoms with E-state index in [1.54, 1.807) is 7.11 Å². The summed E-state index contributed by atoms with van der Waals surface area (Å²) in [6, 6.07) is 7.49. The van der Waals surface area contributed by atoms with Crippen LogP contribution in [0.3, 0.4) is 0 Å². The number of carbonyl (C=O) groups excluding carboxylic acids is 1. The van der Waals surface area contributed by atoms with Crippen LogP contribution in [0.15, 0.2) is 24.3 Å². The fourth-order valence-electron chi connectivity index (χ4n) is 2.55. The third kappa shape index (κ3) is 7.04. The maximum absolute atomic E-state index is 12.5. The third-order valence-electron chi connectivity index (χ3n) is 4.62. The summed E-state index contributed by atoms with van der Waals surface area (Å²) in [4.78, 5) is 14.8. The lowest BCUT2D eigenvalue weighted by atomic mass is 9.97. The summed E-state index contributed by atoms with van der Waals surface area (Å²) in [5.74, 6) is 0.698. The largest absolute Gasteiger partial charge is 0.492 e. The highest BCUT2D eigenvalue weighted by Gasteiger charge is 2.32. The topological polar surface area (TPSA) is 50.8 Å². The zero-order valence-corrected chi connectivity index (χ0v) is 16.4. The number of carbonyl (C=O) groups is 1. The molecule has 0 saturated heterocycles. The van der Waals surface area contributed by atoms with E-state index in [0.29, 0.717) is 13.0 Å². The highest BCUT2D eigenvalue weighted by molar-refractivity contribution is 5.97. The van der Waals surface area contributed by atoms with Crippen LogP contribution >= 0.6 is 0 Å². The van der Waals surface area contributed by atoms with Crippen molar-refractivity contribution >= 4 is 11.6 Å². The average Bonchev–Trinajstić information content (AvgIpc) is 2.64.